The summed E-state index contributed by atoms with van der Waals surface area (Å²) in [5.41, 5.74) is 0. The number of quaternary nitrogens is 1. The molecule has 0 aromatic rings. The number of nitrogens with one attached hydrogen (secondary N) is 1. The maximum absolute atomic E-state index is 11.1. The third-order valence-electron chi connectivity index (χ3n) is 5.89. The van der Waals surface area contributed by atoms with Crippen LogP contribution in [0.3, 0.4) is 0 Å². The molecule has 1 heterocycles. The molecule has 0 radical (unpaired) electrons. The average Bonchev–Trinajstić information content (AvgIpc) is 3.05. The van der Waals surface area contributed by atoms with Crippen molar-refractivity contribution in [2.45, 2.75) is 97.6 Å². The monoisotopic (exact) mass is 378 g/mol. The molecule has 0 aromatic carbocycles. The van der Waals surface area contributed by atoms with Gasteiger partial charge in [0.1, 0.15) is 6.54 Å². The number of rotatable bonds is 16. The van der Waals surface area contributed by atoms with Crippen LogP contribution in [-0.2, 0) is 4.79 Å². The predicted molar refractivity (Wildman–Crippen MR) is 117 cm³/mol. The lowest BCUT2D eigenvalue weighted by atomic mass is 10.1. The minimum Gasteiger partial charge on any atom is -0.351 e. The highest BCUT2D eigenvalue weighted by atomic mass is 16.1. The van der Waals surface area contributed by atoms with Crippen LogP contribution in [0.25, 0.3) is 0 Å². The summed E-state index contributed by atoms with van der Waals surface area (Å²) in [5, 5.41) is 2.95. The van der Waals surface area contributed by atoms with Crippen molar-refractivity contribution in [3.8, 4) is 0 Å². The molecule has 1 aliphatic rings. The number of nitrogens with zero attached hydrogens (tertiary/aromatic N) is 2. The van der Waals surface area contributed by atoms with Crippen LogP contribution >= 0.6 is 0 Å². The van der Waals surface area contributed by atoms with Gasteiger partial charge in [-0.1, -0.05) is 57.6 Å². The third kappa shape index (κ3) is 10.1. The average molecular weight is 379 g/mol. The Morgan fingerprint density at radius 2 is 1.74 bits per heavy atom. The number of carbonyl (C=O) groups is 1. The van der Waals surface area contributed by atoms with Gasteiger partial charge < -0.3 is 5.32 Å². The maximum Gasteiger partial charge on any atom is 0.217 e. The topological polar surface area (TPSA) is 41.5 Å². The van der Waals surface area contributed by atoms with E-state index in [9.17, 15) is 4.79 Å². The Morgan fingerprint density at radius 1 is 1.07 bits per heavy atom. The molecule has 2 unspecified atom stereocenters. The first-order valence-corrected chi connectivity index (χ1v) is 11.4. The van der Waals surface area contributed by atoms with Crippen LogP contribution in [-0.4, -0.2) is 48.9 Å². The molecule has 0 bridgehead atoms. The van der Waals surface area contributed by atoms with E-state index in [2.05, 4.69) is 37.5 Å². The van der Waals surface area contributed by atoms with E-state index in [1.165, 1.54) is 57.8 Å². The third-order valence-corrected chi connectivity index (χ3v) is 5.89. The summed E-state index contributed by atoms with van der Waals surface area (Å²) in [4.78, 5) is 15.9. The summed E-state index contributed by atoms with van der Waals surface area (Å²) in [7, 11) is 0. The molecule has 0 aromatic heterocycles. The van der Waals surface area contributed by atoms with Crippen molar-refractivity contribution >= 4 is 12.1 Å². The van der Waals surface area contributed by atoms with Crippen LogP contribution in [0.15, 0.2) is 17.1 Å². The van der Waals surface area contributed by atoms with Gasteiger partial charge in [-0.2, -0.15) is 0 Å². The van der Waals surface area contributed by atoms with E-state index >= 15 is 0 Å². The van der Waals surface area contributed by atoms with Gasteiger partial charge in [0, 0.05) is 13.3 Å². The van der Waals surface area contributed by atoms with Crippen molar-refractivity contribution < 1.29 is 9.28 Å². The van der Waals surface area contributed by atoms with Gasteiger partial charge in [0.15, 0.2) is 6.17 Å². The van der Waals surface area contributed by atoms with Gasteiger partial charge in [0.05, 0.1) is 25.8 Å². The highest BCUT2D eigenvalue weighted by molar-refractivity contribution is 5.72. The second kappa shape index (κ2) is 14.8. The zero-order valence-electron chi connectivity index (χ0n) is 18.2. The van der Waals surface area contributed by atoms with Crippen molar-refractivity contribution in [2.75, 3.05) is 26.2 Å². The Balaban J connectivity index is 2.13. The first kappa shape index (κ1) is 23.9. The van der Waals surface area contributed by atoms with Crippen LogP contribution in [0.2, 0.25) is 0 Å². The Bertz CT molecular complexity index is 447. The molecule has 4 heteroatoms. The predicted octanol–water partition coefficient (Wildman–Crippen LogP) is 5.24. The van der Waals surface area contributed by atoms with Crippen LogP contribution in [0, 0.1) is 0 Å². The zero-order valence-corrected chi connectivity index (χ0v) is 18.2. The summed E-state index contributed by atoms with van der Waals surface area (Å²) >= 11 is 0. The van der Waals surface area contributed by atoms with Crippen LogP contribution < -0.4 is 5.32 Å². The number of hydrogen-bond acceptors (Lipinski definition) is 2. The minimum atomic E-state index is 0.0621. The van der Waals surface area contributed by atoms with Crippen molar-refractivity contribution in [3.05, 3.63) is 12.2 Å². The fourth-order valence-electron chi connectivity index (χ4n) is 4.01. The van der Waals surface area contributed by atoms with Crippen molar-refractivity contribution in [1.29, 1.82) is 0 Å². The highest BCUT2D eigenvalue weighted by Crippen LogP contribution is 2.23. The van der Waals surface area contributed by atoms with E-state index in [4.69, 9.17) is 4.99 Å². The van der Waals surface area contributed by atoms with E-state index < -0.39 is 0 Å². The standard InChI is InChI=1S/C23H43N3O/c1-4-6-7-8-9-10-11-12-13-14-15-16-17-23-25-19-21-26(23,5-2)20-18-24-22(3)27/h13-14,19,23H,4-12,15-18,20-21H2,1-3H3/p+1/b14-13+. The quantitative estimate of drug-likeness (QED) is 0.223. The SMILES string of the molecule is CCCCCCCCC/C=C/CCCC1N=CC[N+]1(CC)CCNC(C)=O. The van der Waals surface area contributed by atoms with Gasteiger partial charge >= 0.3 is 0 Å². The number of likely N-dealkylation sites (N-methyl/N-ethyl adjacent to an activating group) is 1. The summed E-state index contributed by atoms with van der Waals surface area (Å²) in [6, 6.07) is 0. The van der Waals surface area contributed by atoms with Crippen molar-refractivity contribution in [2.24, 2.45) is 4.99 Å². The van der Waals surface area contributed by atoms with Crippen LogP contribution in [0.1, 0.15) is 91.4 Å². The van der Waals surface area contributed by atoms with E-state index in [1.54, 1.807) is 6.92 Å². The lowest BCUT2D eigenvalue weighted by Gasteiger charge is -2.38. The summed E-state index contributed by atoms with van der Waals surface area (Å²) in [5.74, 6) is 0.0621. The molecule has 27 heavy (non-hydrogen) atoms. The minimum absolute atomic E-state index is 0.0621. The van der Waals surface area contributed by atoms with Gasteiger partial charge in [0.25, 0.3) is 0 Å². The Hall–Kier alpha value is -1.16. The molecule has 4 nitrogen and oxygen atoms in total. The van der Waals surface area contributed by atoms with Gasteiger partial charge in [0.2, 0.25) is 5.91 Å². The lowest BCUT2D eigenvalue weighted by molar-refractivity contribution is -0.935. The number of hydrogen-bond donors (Lipinski definition) is 1. The summed E-state index contributed by atoms with van der Waals surface area (Å²) in [6.45, 7) is 9.94. The molecule has 1 N–H and O–H groups in total. The molecule has 0 aliphatic carbocycles. The smallest absolute Gasteiger partial charge is 0.217 e. The highest BCUT2D eigenvalue weighted by Gasteiger charge is 2.37. The number of amides is 1. The lowest BCUT2D eigenvalue weighted by Crippen LogP contribution is -2.55. The van der Waals surface area contributed by atoms with E-state index in [0.717, 1.165) is 43.5 Å². The molecule has 156 valence electrons. The molecular weight excluding hydrogens is 334 g/mol. The Labute approximate surface area is 168 Å². The first-order chi connectivity index (χ1) is 13.1. The number of unbranched alkanes of at least 4 members (excludes halogenated alkanes) is 8. The van der Waals surface area contributed by atoms with E-state index in [1.807, 2.05) is 0 Å². The molecule has 1 amide bonds. The molecule has 0 spiro atoms. The fraction of sp³-hybridized carbons (Fsp3) is 0.826. The molecule has 0 saturated carbocycles. The second-order valence-corrected chi connectivity index (χ2v) is 8.05. The van der Waals surface area contributed by atoms with Crippen LogP contribution in [0.5, 0.6) is 0 Å². The molecule has 1 rings (SSSR count). The van der Waals surface area contributed by atoms with Gasteiger partial charge in [-0.3, -0.25) is 9.28 Å². The molecule has 2 atom stereocenters. The zero-order chi connectivity index (χ0) is 19.8. The molecule has 0 saturated heterocycles. The molecule has 0 fully saturated rings. The fourth-order valence-corrected chi connectivity index (χ4v) is 4.01. The van der Waals surface area contributed by atoms with Crippen molar-refractivity contribution in [1.82, 2.24) is 5.32 Å². The van der Waals surface area contributed by atoms with Gasteiger partial charge in [-0.05, 0) is 32.6 Å². The first-order valence-electron chi connectivity index (χ1n) is 11.4. The van der Waals surface area contributed by atoms with Gasteiger partial charge in [-0.25, -0.2) is 4.99 Å². The van der Waals surface area contributed by atoms with Crippen LogP contribution in [0.4, 0.5) is 0 Å². The summed E-state index contributed by atoms with van der Waals surface area (Å²) < 4.78 is 1.00. The molecule has 1 aliphatic heterocycles. The number of carbonyl (C=O) groups excluding carboxylic acids is 1. The largest absolute Gasteiger partial charge is 0.351 e. The summed E-state index contributed by atoms with van der Waals surface area (Å²) in [6.07, 6.45) is 21.7. The number of aliphatic imine (C=N–C) groups is 1. The Kier molecular flexibility index (Phi) is 13.1. The normalized spacial score (nSPS) is 22.0. The Morgan fingerprint density at radius 3 is 2.41 bits per heavy atom. The number of allylic oxidation sites excluding steroid dienone is 2. The molecular formula is C23H44N3O+. The van der Waals surface area contributed by atoms with E-state index in [0.29, 0.717) is 6.17 Å². The van der Waals surface area contributed by atoms with E-state index in [-0.39, 0.29) is 5.91 Å². The second-order valence-electron chi connectivity index (χ2n) is 8.05. The van der Waals surface area contributed by atoms with Crippen molar-refractivity contribution in [3.63, 3.8) is 0 Å². The maximum atomic E-state index is 11.1. The van der Waals surface area contributed by atoms with Gasteiger partial charge in [-0.15, -0.1) is 0 Å².